The first kappa shape index (κ1) is 10.7. The van der Waals surface area contributed by atoms with Crippen molar-refractivity contribution >= 4 is 22.9 Å². The average Bonchev–Trinajstić information content (AvgIpc) is 2.46. The van der Waals surface area contributed by atoms with Gasteiger partial charge in [0, 0.05) is 11.6 Å². The van der Waals surface area contributed by atoms with Crippen LogP contribution in [-0.4, -0.2) is 11.2 Å². The quantitative estimate of drug-likeness (QED) is 0.613. The molecule has 0 fully saturated rings. The van der Waals surface area contributed by atoms with E-state index in [1.807, 2.05) is 72.9 Å². The lowest BCUT2D eigenvalue weighted by Crippen LogP contribution is -1.81. The number of hydrogen-bond donors (Lipinski definition) is 0. The second-order valence-electron chi connectivity index (χ2n) is 4.03. The minimum atomic E-state index is 0.734. The molecule has 0 saturated carbocycles. The van der Waals surface area contributed by atoms with Gasteiger partial charge in [0.15, 0.2) is 5.82 Å². The minimum Gasteiger partial charge on any atom is -0.237 e. The highest BCUT2D eigenvalue weighted by atomic mass is 14.9. The summed E-state index contributed by atoms with van der Waals surface area (Å²) in [5, 5.41) is 1.14. The van der Waals surface area contributed by atoms with E-state index in [4.69, 9.17) is 0 Å². The van der Waals surface area contributed by atoms with Crippen LogP contribution in [0.3, 0.4) is 0 Å². The van der Waals surface area contributed by atoms with Crippen LogP contribution >= 0.6 is 0 Å². The van der Waals surface area contributed by atoms with Crippen LogP contribution in [0.15, 0.2) is 71.7 Å². The minimum absolute atomic E-state index is 0.734. The monoisotopic (exact) mass is 232 g/mol. The summed E-state index contributed by atoms with van der Waals surface area (Å²) in [5.41, 5.74) is 2.05. The molecule has 0 aliphatic heterocycles. The van der Waals surface area contributed by atoms with Crippen molar-refractivity contribution in [2.24, 2.45) is 4.99 Å². The van der Waals surface area contributed by atoms with Crippen molar-refractivity contribution < 1.29 is 0 Å². The number of fused-ring (bicyclic) bond motifs is 1. The van der Waals surface area contributed by atoms with Gasteiger partial charge < -0.3 is 0 Å². The van der Waals surface area contributed by atoms with E-state index in [9.17, 15) is 0 Å². The van der Waals surface area contributed by atoms with Gasteiger partial charge in [-0.1, -0.05) is 48.5 Å². The maximum atomic E-state index is 4.49. The van der Waals surface area contributed by atoms with Crippen LogP contribution in [0.5, 0.6) is 0 Å². The van der Waals surface area contributed by atoms with Crippen molar-refractivity contribution in [2.75, 3.05) is 0 Å². The van der Waals surface area contributed by atoms with E-state index in [1.54, 1.807) is 0 Å². The molecular weight excluding hydrogens is 220 g/mol. The number of aromatic nitrogens is 1. The fourth-order valence-corrected chi connectivity index (χ4v) is 1.81. The van der Waals surface area contributed by atoms with E-state index in [0.717, 1.165) is 22.3 Å². The van der Waals surface area contributed by atoms with Crippen LogP contribution in [0, 0.1) is 0 Å². The molecule has 0 atom stereocenters. The molecule has 0 N–H and O–H groups in total. The lowest BCUT2D eigenvalue weighted by Gasteiger charge is -1.98. The second-order valence-corrected chi connectivity index (χ2v) is 4.03. The molecule has 18 heavy (non-hydrogen) atoms. The lowest BCUT2D eigenvalue weighted by molar-refractivity contribution is 1.34. The van der Waals surface area contributed by atoms with Crippen LogP contribution in [0.4, 0.5) is 5.82 Å². The SMILES string of the molecule is C(=Nc1ccc2ccccc2n1)c1ccccc1. The van der Waals surface area contributed by atoms with Crippen LogP contribution in [0.2, 0.25) is 0 Å². The van der Waals surface area contributed by atoms with Gasteiger partial charge in [-0.15, -0.1) is 0 Å². The molecule has 2 heteroatoms. The van der Waals surface area contributed by atoms with E-state index in [1.165, 1.54) is 0 Å². The highest BCUT2D eigenvalue weighted by Gasteiger charge is 1.95. The molecule has 0 aliphatic carbocycles. The Hall–Kier alpha value is -2.48. The zero-order chi connectivity index (χ0) is 12.2. The van der Waals surface area contributed by atoms with Gasteiger partial charge in [0.2, 0.25) is 0 Å². The molecule has 0 spiro atoms. The fourth-order valence-electron chi connectivity index (χ4n) is 1.81. The van der Waals surface area contributed by atoms with Gasteiger partial charge in [-0.05, 0) is 23.8 Å². The summed E-state index contributed by atoms with van der Waals surface area (Å²) < 4.78 is 0. The Labute approximate surface area is 106 Å². The number of para-hydroxylation sites is 1. The first-order valence-corrected chi connectivity index (χ1v) is 5.87. The molecule has 3 rings (SSSR count). The molecule has 0 bridgehead atoms. The van der Waals surface area contributed by atoms with E-state index in [0.29, 0.717) is 0 Å². The summed E-state index contributed by atoms with van der Waals surface area (Å²) >= 11 is 0. The van der Waals surface area contributed by atoms with Crippen LogP contribution in [0.1, 0.15) is 5.56 Å². The topological polar surface area (TPSA) is 25.2 Å². The predicted octanol–water partition coefficient (Wildman–Crippen LogP) is 3.99. The number of rotatable bonds is 2. The van der Waals surface area contributed by atoms with Crippen molar-refractivity contribution in [3.05, 3.63) is 72.3 Å². The molecule has 2 nitrogen and oxygen atoms in total. The molecule has 0 unspecified atom stereocenters. The molecular formula is C16H12N2. The third kappa shape index (κ3) is 2.28. The van der Waals surface area contributed by atoms with Crippen molar-refractivity contribution in [1.29, 1.82) is 0 Å². The van der Waals surface area contributed by atoms with E-state index in [2.05, 4.69) is 9.98 Å². The molecule has 0 saturated heterocycles. The summed E-state index contributed by atoms with van der Waals surface area (Å²) in [6, 6.07) is 22.0. The Bertz CT molecular complexity index is 688. The first-order valence-electron chi connectivity index (χ1n) is 5.87. The molecule has 1 heterocycles. The van der Waals surface area contributed by atoms with Gasteiger partial charge in [-0.25, -0.2) is 9.98 Å². The third-order valence-electron chi connectivity index (χ3n) is 2.73. The summed E-state index contributed by atoms with van der Waals surface area (Å²) in [4.78, 5) is 8.88. The summed E-state index contributed by atoms with van der Waals surface area (Å²) in [7, 11) is 0. The predicted molar refractivity (Wildman–Crippen MR) is 75.4 cm³/mol. The highest BCUT2D eigenvalue weighted by Crippen LogP contribution is 2.16. The maximum absolute atomic E-state index is 4.49. The molecule has 0 aliphatic rings. The molecule has 1 aromatic heterocycles. The normalized spacial score (nSPS) is 11.1. The Morgan fingerprint density at radius 3 is 2.44 bits per heavy atom. The fraction of sp³-hybridized carbons (Fsp3) is 0. The Morgan fingerprint density at radius 1 is 0.778 bits per heavy atom. The van der Waals surface area contributed by atoms with Gasteiger partial charge in [0.25, 0.3) is 0 Å². The average molecular weight is 232 g/mol. The van der Waals surface area contributed by atoms with Gasteiger partial charge in [0.05, 0.1) is 5.52 Å². The van der Waals surface area contributed by atoms with E-state index >= 15 is 0 Å². The zero-order valence-electron chi connectivity index (χ0n) is 9.82. The molecule has 0 radical (unpaired) electrons. The smallest absolute Gasteiger partial charge is 0.152 e. The second kappa shape index (κ2) is 4.80. The van der Waals surface area contributed by atoms with Crippen molar-refractivity contribution in [1.82, 2.24) is 4.98 Å². The Kier molecular flexibility index (Phi) is 2.84. The zero-order valence-corrected chi connectivity index (χ0v) is 9.82. The first-order chi connectivity index (χ1) is 8.92. The van der Waals surface area contributed by atoms with Crippen molar-refractivity contribution in [3.8, 4) is 0 Å². The maximum Gasteiger partial charge on any atom is 0.152 e. The Morgan fingerprint density at radius 2 is 1.56 bits per heavy atom. The van der Waals surface area contributed by atoms with Gasteiger partial charge in [0.1, 0.15) is 0 Å². The highest BCUT2D eigenvalue weighted by molar-refractivity contribution is 5.83. The number of aliphatic imine (C=N–C) groups is 1. The number of hydrogen-bond acceptors (Lipinski definition) is 2. The summed E-state index contributed by atoms with van der Waals surface area (Å²) in [5.74, 6) is 0.734. The molecule has 86 valence electrons. The van der Waals surface area contributed by atoms with Crippen LogP contribution in [0.25, 0.3) is 10.9 Å². The van der Waals surface area contributed by atoms with E-state index < -0.39 is 0 Å². The standard InChI is InChI=1S/C16H12N2/c1-2-6-13(7-3-1)12-17-16-11-10-14-8-4-5-9-15(14)18-16/h1-12H. The Balaban J connectivity index is 1.93. The van der Waals surface area contributed by atoms with Crippen LogP contribution in [-0.2, 0) is 0 Å². The summed E-state index contributed by atoms with van der Waals surface area (Å²) in [6.45, 7) is 0. The number of benzene rings is 2. The van der Waals surface area contributed by atoms with Gasteiger partial charge >= 0.3 is 0 Å². The summed E-state index contributed by atoms with van der Waals surface area (Å²) in [6.07, 6.45) is 1.83. The number of pyridine rings is 1. The van der Waals surface area contributed by atoms with E-state index in [-0.39, 0.29) is 0 Å². The molecule has 0 amide bonds. The van der Waals surface area contributed by atoms with Crippen molar-refractivity contribution in [2.45, 2.75) is 0 Å². The van der Waals surface area contributed by atoms with Gasteiger partial charge in [-0.2, -0.15) is 0 Å². The number of nitrogens with zero attached hydrogens (tertiary/aromatic N) is 2. The molecule has 3 aromatic rings. The third-order valence-corrected chi connectivity index (χ3v) is 2.73. The largest absolute Gasteiger partial charge is 0.237 e. The van der Waals surface area contributed by atoms with Crippen LogP contribution < -0.4 is 0 Å². The van der Waals surface area contributed by atoms with Crippen molar-refractivity contribution in [3.63, 3.8) is 0 Å². The van der Waals surface area contributed by atoms with Gasteiger partial charge in [-0.3, -0.25) is 0 Å². The lowest BCUT2D eigenvalue weighted by atomic mass is 10.2. The molecule has 2 aromatic carbocycles.